The van der Waals surface area contributed by atoms with Gasteiger partial charge in [0, 0.05) is 35.0 Å². The fourth-order valence-electron chi connectivity index (χ4n) is 3.64. The predicted octanol–water partition coefficient (Wildman–Crippen LogP) is 3.92. The van der Waals surface area contributed by atoms with Gasteiger partial charge in [0.05, 0.1) is 0 Å². The lowest BCUT2D eigenvalue weighted by molar-refractivity contribution is -0.142. The minimum Gasteiger partial charge on any atom is -0.457 e. The van der Waals surface area contributed by atoms with E-state index in [2.05, 4.69) is 0 Å². The van der Waals surface area contributed by atoms with Crippen molar-refractivity contribution in [3.05, 3.63) is 82.9 Å². The number of Topliss-reactive ketones (excluding diaryl/α,β-unsaturated/α-hetero) is 1. The summed E-state index contributed by atoms with van der Waals surface area (Å²) in [6, 6.07) is 13.1. The van der Waals surface area contributed by atoms with Crippen molar-refractivity contribution in [1.82, 2.24) is 4.90 Å². The Morgan fingerprint density at radius 2 is 1.53 bits per heavy atom. The van der Waals surface area contributed by atoms with Crippen LogP contribution in [0, 0.1) is 11.6 Å². The molecule has 0 spiro atoms. The number of halogens is 2. The second-order valence-corrected chi connectivity index (χ2v) is 7.29. The molecule has 0 unspecified atom stereocenters. The molecule has 0 fully saturated rings. The number of benzene rings is 3. The third-order valence-electron chi connectivity index (χ3n) is 5.22. The molecule has 0 N–H and O–H groups in total. The van der Waals surface area contributed by atoms with Crippen LogP contribution in [0.4, 0.5) is 8.78 Å². The highest BCUT2D eigenvalue weighted by Gasteiger charge is 2.32. The lowest BCUT2D eigenvalue weighted by Gasteiger charge is -2.27. The second-order valence-electron chi connectivity index (χ2n) is 7.29. The molecule has 1 aliphatic heterocycles. The summed E-state index contributed by atoms with van der Waals surface area (Å²) in [4.78, 5) is 50.6. The zero-order valence-electron chi connectivity index (χ0n) is 16.8. The molecule has 0 bridgehead atoms. The summed E-state index contributed by atoms with van der Waals surface area (Å²) >= 11 is 0. The van der Waals surface area contributed by atoms with Gasteiger partial charge in [-0.25, -0.2) is 8.78 Å². The smallest absolute Gasteiger partial charge is 0.306 e. The zero-order valence-corrected chi connectivity index (χ0v) is 16.8. The summed E-state index contributed by atoms with van der Waals surface area (Å²) in [7, 11) is 0. The van der Waals surface area contributed by atoms with Crippen molar-refractivity contribution in [2.75, 3.05) is 13.2 Å². The van der Waals surface area contributed by atoms with Crippen LogP contribution in [-0.2, 0) is 9.53 Å². The molecule has 0 saturated heterocycles. The number of amides is 2. The number of ether oxygens (including phenoxy) is 1. The van der Waals surface area contributed by atoms with Crippen molar-refractivity contribution in [2.24, 2.45) is 0 Å². The number of carbonyl (C=O) groups excluding carboxylic acids is 4. The third-order valence-corrected chi connectivity index (χ3v) is 5.22. The number of hydrogen-bond donors (Lipinski definition) is 0. The van der Waals surface area contributed by atoms with Crippen LogP contribution in [0.2, 0.25) is 0 Å². The average molecular weight is 437 g/mol. The summed E-state index contributed by atoms with van der Waals surface area (Å²) in [5.41, 5.74) is 0.740. The largest absolute Gasteiger partial charge is 0.457 e. The number of hydrogen-bond acceptors (Lipinski definition) is 5. The molecule has 3 aromatic rings. The lowest BCUT2D eigenvalue weighted by atomic mass is 9.94. The first kappa shape index (κ1) is 21.3. The molecule has 8 heteroatoms. The van der Waals surface area contributed by atoms with Gasteiger partial charge in [-0.2, -0.15) is 0 Å². The monoisotopic (exact) mass is 437 g/mol. The number of imide groups is 1. The minimum absolute atomic E-state index is 0.00854. The van der Waals surface area contributed by atoms with Crippen LogP contribution in [0.3, 0.4) is 0 Å². The van der Waals surface area contributed by atoms with E-state index in [4.69, 9.17) is 4.74 Å². The fraction of sp³-hybridized carbons (Fsp3) is 0.167. The molecular formula is C24H17F2NO5. The number of ketones is 1. The Hall–Kier alpha value is -3.94. The van der Waals surface area contributed by atoms with Gasteiger partial charge in [0.25, 0.3) is 11.8 Å². The van der Waals surface area contributed by atoms with Gasteiger partial charge in [0.15, 0.2) is 24.0 Å². The first-order valence-electron chi connectivity index (χ1n) is 9.88. The summed E-state index contributed by atoms with van der Waals surface area (Å²) in [6.45, 7) is -0.616. The van der Waals surface area contributed by atoms with E-state index in [0.29, 0.717) is 16.5 Å². The molecule has 0 radical (unpaired) electrons. The molecule has 32 heavy (non-hydrogen) atoms. The molecule has 6 nitrogen and oxygen atoms in total. The van der Waals surface area contributed by atoms with Gasteiger partial charge in [-0.05, 0) is 42.1 Å². The Bertz CT molecular complexity index is 1220. The Labute approximate surface area is 181 Å². The van der Waals surface area contributed by atoms with Gasteiger partial charge >= 0.3 is 5.97 Å². The number of esters is 1. The summed E-state index contributed by atoms with van der Waals surface area (Å²) in [6.07, 6.45) is 0.0157. The van der Waals surface area contributed by atoms with Crippen molar-refractivity contribution in [1.29, 1.82) is 0 Å². The number of nitrogens with zero attached hydrogens (tertiary/aromatic N) is 1. The van der Waals surface area contributed by atoms with E-state index in [1.54, 1.807) is 24.3 Å². The highest BCUT2D eigenvalue weighted by Crippen LogP contribution is 2.30. The normalized spacial score (nSPS) is 12.9. The van der Waals surface area contributed by atoms with Gasteiger partial charge in [0.2, 0.25) is 0 Å². The lowest BCUT2D eigenvalue weighted by Crippen LogP contribution is -2.41. The first-order chi connectivity index (χ1) is 15.4. The summed E-state index contributed by atoms with van der Waals surface area (Å²) in [5.74, 6) is -4.50. The Morgan fingerprint density at radius 3 is 2.16 bits per heavy atom. The summed E-state index contributed by atoms with van der Waals surface area (Å²) in [5, 5.41) is 1.42. The standard InChI is InChI=1S/C24H17F2NO5/c25-18-10-9-15(12-19(18)26)20(28)13-32-21(29)8-3-11-27-23(30)16-6-1-4-14-5-2-7-17(22(14)16)24(27)31/h1-2,4-7,9-10,12H,3,8,11,13H2. The first-order valence-corrected chi connectivity index (χ1v) is 9.88. The molecule has 1 heterocycles. The summed E-state index contributed by atoms with van der Waals surface area (Å²) < 4.78 is 31.0. The minimum atomic E-state index is -1.17. The molecule has 162 valence electrons. The van der Waals surface area contributed by atoms with Crippen molar-refractivity contribution in [2.45, 2.75) is 12.8 Å². The van der Waals surface area contributed by atoms with Crippen LogP contribution in [0.15, 0.2) is 54.6 Å². The maximum Gasteiger partial charge on any atom is 0.306 e. The van der Waals surface area contributed by atoms with Crippen LogP contribution >= 0.6 is 0 Å². The topological polar surface area (TPSA) is 80.8 Å². The van der Waals surface area contributed by atoms with Crippen LogP contribution in [0.5, 0.6) is 0 Å². The van der Waals surface area contributed by atoms with Gasteiger partial charge in [-0.15, -0.1) is 0 Å². The van der Waals surface area contributed by atoms with Crippen molar-refractivity contribution in [3.8, 4) is 0 Å². The molecule has 0 aromatic heterocycles. The SMILES string of the molecule is O=C(CCCN1C(=O)c2cccc3cccc(c23)C1=O)OCC(=O)c1ccc(F)c(F)c1. The maximum absolute atomic E-state index is 13.2. The fourth-order valence-corrected chi connectivity index (χ4v) is 3.64. The average Bonchev–Trinajstić information content (AvgIpc) is 2.79. The zero-order chi connectivity index (χ0) is 22.8. The maximum atomic E-state index is 13.2. The van der Waals surface area contributed by atoms with E-state index in [-0.39, 0.29) is 24.9 Å². The molecule has 3 aromatic carbocycles. The van der Waals surface area contributed by atoms with Crippen LogP contribution in [0.1, 0.15) is 43.9 Å². The van der Waals surface area contributed by atoms with E-state index in [0.717, 1.165) is 28.5 Å². The quantitative estimate of drug-likeness (QED) is 0.318. The van der Waals surface area contributed by atoms with Gasteiger partial charge in [0.1, 0.15) is 0 Å². The van der Waals surface area contributed by atoms with Crippen molar-refractivity contribution < 1.29 is 32.7 Å². The van der Waals surface area contributed by atoms with E-state index >= 15 is 0 Å². The van der Waals surface area contributed by atoms with Crippen LogP contribution in [0.25, 0.3) is 10.8 Å². The van der Waals surface area contributed by atoms with Crippen molar-refractivity contribution >= 4 is 34.3 Å². The van der Waals surface area contributed by atoms with Gasteiger partial charge < -0.3 is 4.74 Å². The molecule has 0 aliphatic carbocycles. The Kier molecular flexibility index (Phi) is 5.77. The molecular weight excluding hydrogens is 420 g/mol. The van der Waals surface area contributed by atoms with Crippen molar-refractivity contribution in [3.63, 3.8) is 0 Å². The Balaban J connectivity index is 1.33. The molecule has 0 saturated carbocycles. The van der Waals surface area contributed by atoms with Gasteiger partial charge in [-0.3, -0.25) is 24.1 Å². The van der Waals surface area contributed by atoms with E-state index < -0.39 is 41.8 Å². The highest BCUT2D eigenvalue weighted by molar-refractivity contribution is 6.25. The Morgan fingerprint density at radius 1 is 0.875 bits per heavy atom. The number of rotatable bonds is 7. The van der Waals surface area contributed by atoms with Crippen LogP contribution < -0.4 is 0 Å². The number of carbonyl (C=O) groups is 4. The molecule has 1 aliphatic rings. The molecule has 2 amide bonds. The van der Waals surface area contributed by atoms with E-state index in [1.165, 1.54) is 0 Å². The molecule has 4 rings (SSSR count). The third kappa shape index (κ3) is 3.99. The van der Waals surface area contributed by atoms with E-state index in [1.807, 2.05) is 12.1 Å². The van der Waals surface area contributed by atoms with Gasteiger partial charge in [-0.1, -0.05) is 24.3 Å². The highest BCUT2D eigenvalue weighted by atomic mass is 19.2. The predicted molar refractivity (Wildman–Crippen MR) is 110 cm³/mol. The van der Waals surface area contributed by atoms with E-state index in [9.17, 15) is 28.0 Å². The van der Waals surface area contributed by atoms with Crippen LogP contribution in [-0.4, -0.2) is 41.6 Å². The molecule has 0 atom stereocenters. The second kappa shape index (κ2) is 8.66.